The van der Waals surface area contributed by atoms with E-state index in [0.717, 1.165) is 12.2 Å². The van der Waals surface area contributed by atoms with Crippen molar-refractivity contribution >= 4 is 17.4 Å². The van der Waals surface area contributed by atoms with Gasteiger partial charge in [0.05, 0.1) is 0 Å². The van der Waals surface area contributed by atoms with Crippen LogP contribution in [0.4, 0.5) is 10.1 Å². The van der Waals surface area contributed by atoms with Crippen molar-refractivity contribution in [2.24, 2.45) is 0 Å². The maximum atomic E-state index is 13.2. The zero-order chi connectivity index (χ0) is 10.4. The molecule has 0 saturated heterocycles. The molecular weight excluding hydrogens is 197 g/mol. The molecule has 0 aromatic heterocycles. The van der Waals surface area contributed by atoms with Crippen LogP contribution in [0, 0.1) is 17.7 Å². The third kappa shape index (κ3) is 3.31. The lowest BCUT2D eigenvalue weighted by atomic mass is 10.3. The molecule has 0 atom stereocenters. The number of rotatable bonds is 3. The molecule has 0 spiro atoms. The maximum Gasteiger partial charge on any atom is 0.138 e. The lowest BCUT2D eigenvalue weighted by molar-refractivity contribution is 0.603. The van der Waals surface area contributed by atoms with Crippen LogP contribution in [0.2, 0.25) is 0 Å². The van der Waals surface area contributed by atoms with E-state index in [1.807, 2.05) is 0 Å². The first kappa shape index (κ1) is 10.9. The first-order valence-corrected chi connectivity index (χ1v) is 5.30. The van der Waals surface area contributed by atoms with E-state index >= 15 is 0 Å². The molecule has 0 bridgehead atoms. The predicted molar refractivity (Wildman–Crippen MR) is 59.6 cm³/mol. The Morgan fingerprint density at radius 3 is 2.93 bits per heavy atom. The Hall–Kier alpha value is -1.14. The van der Waals surface area contributed by atoms with Crippen LogP contribution in [0.5, 0.6) is 0 Å². The van der Waals surface area contributed by atoms with Gasteiger partial charge >= 0.3 is 0 Å². The zero-order valence-corrected chi connectivity index (χ0v) is 8.83. The summed E-state index contributed by atoms with van der Waals surface area (Å²) in [4.78, 5) is 0.636. The fourth-order valence-corrected chi connectivity index (χ4v) is 1.76. The number of anilines is 1. The molecule has 0 aliphatic carbocycles. The fourth-order valence-electron chi connectivity index (χ4n) is 0.971. The molecule has 1 aromatic carbocycles. The molecule has 74 valence electrons. The van der Waals surface area contributed by atoms with Crippen molar-refractivity contribution in [3.05, 3.63) is 24.0 Å². The lowest BCUT2D eigenvalue weighted by Crippen LogP contribution is -1.88. The third-order valence-electron chi connectivity index (χ3n) is 1.62. The van der Waals surface area contributed by atoms with Crippen molar-refractivity contribution in [3.8, 4) is 11.8 Å². The summed E-state index contributed by atoms with van der Waals surface area (Å²) in [7, 11) is 0. The van der Waals surface area contributed by atoms with Gasteiger partial charge in [-0.1, -0.05) is 0 Å². The standard InChI is InChI=1S/C11H12FNS/c1-2-3-4-7-14-11-6-5-9(13)8-10(11)12/h5-6,8H,4,7,13H2,1H3. The van der Waals surface area contributed by atoms with E-state index in [4.69, 9.17) is 5.73 Å². The molecule has 0 fully saturated rings. The Bertz CT molecular complexity index is 365. The monoisotopic (exact) mass is 209 g/mol. The normalized spacial score (nSPS) is 9.29. The topological polar surface area (TPSA) is 26.0 Å². The minimum absolute atomic E-state index is 0.251. The van der Waals surface area contributed by atoms with E-state index in [1.54, 1.807) is 19.1 Å². The Morgan fingerprint density at radius 1 is 1.50 bits per heavy atom. The molecular formula is C11H12FNS. The number of halogens is 1. The zero-order valence-electron chi connectivity index (χ0n) is 8.01. The first-order valence-electron chi connectivity index (χ1n) is 4.31. The number of hydrogen-bond donors (Lipinski definition) is 1. The average Bonchev–Trinajstić information content (AvgIpc) is 2.15. The van der Waals surface area contributed by atoms with Gasteiger partial charge in [0.1, 0.15) is 5.82 Å². The summed E-state index contributed by atoms with van der Waals surface area (Å²) in [6.07, 6.45) is 0.783. The van der Waals surface area contributed by atoms with Gasteiger partial charge in [0.2, 0.25) is 0 Å². The van der Waals surface area contributed by atoms with E-state index in [1.165, 1.54) is 17.8 Å². The third-order valence-corrected chi connectivity index (χ3v) is 2.67. The van der Waals surface area contributed by atoms with Gasteiger partial charge in [-0.05, 0) is 25.1 Å². The van der Waals surface area contributed by atoms with Crippen molar-refractivity contribution in [3.63, 3.8) is 0 Å². The van der Waals surface area contributed by atoms with Crippen LogP contribution in [0.25, 0.3) is 0 Å². The van der Waals surface area contributed by atoms with Gasteiger partial charge in [-0.2, -0.15) is 0 Å². The molecule has 1 rings (SSSR count). The van der Waals surface area contributed by atoms with E-state index in [-0.39, 0.29) is 5.82 Å². The Morgan fingerprint density at radius 2 is 2.29 bits per heavy atom. The molecule has 3 heteroatoms. The number of nitrogen functional groups attached to an aromatic ring is 1. The van der Waals surface area contributed by atoms with Crippen molar-refractivity contribution in [2.45, 2.75) is 18.2 Å². The van der Waals surface area contributed by atoms with E-state index in [9.17, 15) is 4.39 Å². The molecule has 2 N–H and O–H groups in total. The van der Waals surface area contributed by atoms with Gasteiger partial charge in [-0.25, -0.2) is 4.39 Å². The molecule has 1 aromatic rings. The van der Waals surface area contributed by atoms with Gasteiger partial charge in [-0.15, -0.1) is 23.6 Å². The molecule has 0 aliphatic rings. The minimum atomic E-state index is -0.251. The van der Waals surface area contributed by atoms with Crippen molar-refractivity contribution in [1.82, 2.24) is 0 Å². The van der Waals surface area contributed by atoms with Crippen LogP contribution in [0.1, 0.15) is 13.3 Å². The van der Waals surface area contributed by atoms with Crippen molar-refractivity contribution < 1.29 is 4.39 Å². The van der Waals surface area contributed by atoms with E-state index in [2.05, 4.69) is 11.8 Å². The lowest BCUT2D eigenvalue weighted by Gasteiger charge is -2.01. The van der Waals surface area contributed by atoms with Crippen LogP contribution >= 0.6 is 11.8 Å². The average molecular weight is 209 g/mol. The highest BCUT2D eigenvalue weighted by atomic mass is 32.2. The second kappa shape index (κ2) is 5.56. The summed E-state index contributed by atoms with van der Waals surface area (Å²) in [5.74, 6) is 6.29. The van der Waals surface area contributed by atoms with E-state index in [0.29, 0.717) is 10.6 Å². The second-order valence-corrected chi connectivity index (χ2v) is 3.85. The van der Waals surface area contributed by atoms with Crippen LogP contribution < -0.4 is 5.73 Å². The van der Waals surface area contributed by atoms with Crippen LogP contribution in [-0.4, -0.2) is 5.75 Å². The molecule has 0 saturated carbocycles. The Kier molecular flexibility index (Phi) is 4.34. The fraction of sp³-hybridized carbons (Fsp3) is 0.273. The summed E-state index contributed by atoms with van der Waals surface area (Å²) in [6, 6.07) is 4.75. The number of hydrogen-bond acceptors (Lipinski definition) is 2. The largest absolute Gasteiger partial charge is 0.399 e. The van der Waals surface area contributed by atoms with Gasteiger partial charge in [0.15, 0.2) is 0 Å². The van der Waals surface area contributed by atoms with Gasteiger partial charge in [0, 0.05) is 22.8 Å². The van der Waals surface area contributed by atoms with Crippen LogP contribution in [0.15, 0.2) is 23.1 Å². The quantitative estimate of drug-likeness (QED) is 0.358. The van der Waals surface area contributed by atoms with Gasteiger partial charge in [-0.3, -0.25) is 0 Å². The summed E-state index contributed by atoms with van der Waals surface area (Å²) in [6.45, 7) is 1.80. The summed E-state index contributed by atoms with van der Waals surface area (Å²) in [5, 5.41) is 0. The molecule has 0 unspecified atom stereocenters. The minimum Gasteiger partial charge on any atom is -0.399 e. The Balaban J connectivity index is 2.53. The smallest absolute Gasteiger partial charge is 0.138 e. The predicted octanol–water partition coefficient (Wildman–Crippen LogP) is 2.91. The van der Waals surface area contributed by atoms with Gasteiger partial charge in [0.25, 0.3) is 0 Å². The van der Waals surface area contributed by atoms with Crippen LogP contribution in [-0.2, 0) is 0 Å². The molecule has 14 heavy (non-hydrogen) atoms. The summed E-state index contributed by atoms with van der Waals surface area (Å²) >= 11 is 1.46. The SMILES string of the molecule is CC#CCCSc1ccc(N)cc1F. The molecule has 1 nitrogen and oxygen atoms in total. The molecule has 0 heterocycles. The summed E-state index contributed by atoms with van der Waals surface area (Å²) in [5.41, 5.74) is 5.89. The highest BCUT2D eigenvalue weighted by Crippen LogP contribution is 2.23. The van der Waals surface area contributed by atoms with E-state index < -0.39 is 0 Å². The van der Waals surface area contributed by atoms with Crippen molar-refractivity contribution in [1.29, 1.82) is 0 Å². The maximum absolute atomic E-state index is 13.2. The highest BCUT2D eigenvalue weighted by molar-refractivity contribution is 7.99. The number of thioether (sulfide) groups is 1. The molecule has 0 aliphatic heterocycles. The molecule has 0 amide bonds. The second-order valence-electron chi connectivity index (χ2n) is 2.72. The molecule has 0 radical (unpaired) electrons. The summed E-state index contributed by atoms with van der Waals surface area (Å²) < 4.78 is 13.2. The first-order chi connectivity index (χ1) is 6.74. The highest BCUT2D eigenvalue weighted by Gasteiger charge is 2.01. The van der Waals surface area contributed by atoms with Crippen molar-refractivity contribution in [2.75, 3.05) is 11.5 Å². The number of nitrogens with two attached hydrogens (primary N) is 1. The Labute approximate surface area is 87.9 Å². The van der Waals surface area contributed by atoms with Gasteiger partial charge < -0.3 is 5.73 Å². The number of benzene rings is 1. The van der Waals surface area contributed by atoms with Crippen LogP contribution in [0.3, 0.4) is 0 Å².